The number of dihydropyridines is 1. The fourth-order valence-electron chi connectivity index (χ4n) is 1.40. The van der Waals surface area contributed by atoms with E-state index in [0.29, 0.717) is 6.42 Å². The van der Waals surface area contributed by atoms with Crippen LogP contribution in [0.2, 0.25) is 0 Å². The zero-order valence-electron chi connectivity index (χ0n) is 8.40. The smallest absolute Gasteiger partial charge is 0.0770 e. The third kappa shape index (κ3) is 2.70. The van der Waals surface area contributed by atoms with Crippen LogP contribution in [0.15, 0.2) is 41.4 Å². The minimum absolute atomic E-state index is 0.196. The molecule has 0 aromatic carbocycles. The largest absolute Gasteiger partial charge is 0.281 e. The van der Waals surface area contributed by atoms with Crippen LogP contribution in [0.3, 0.4) is 0 Å². The van der Waals surface area contributed by atoms with Crippen molar-refractivity contribution in [3.05, 3.63) is 36.5 Å². The van der Waals surface area contributed by atoms with E-state index in [0.717, 1.165) is 12.1 Å². The van der Waals surface area contributed by atoms with Crippen LogP contribution in [0.4, 0.5) is 0 Å². The molecule has 0 spiro atoms. The highest BCUT2D eigenvalue weighted by atomic mass is 14.8. The van der Waals surface area contributed by atoms with Crippen LogP contribution in [0.25, 0.3) is 0 Å². The number of hydrogen-bond acceptors (Lipinski definition) is 2. The highest BCUT2D eigenvalue weighted by Crippen LogP contribution is 2.16. The Morgan fingerprint density at radius 1 is 1.86 bits per heavy atom. The Balaban J connectivity index is 2.76. The maximum atomic E-state index is 8.55. The van der Waals surface area contributed by atoms with Gasteiger partial charge in [-0.15, -0.1) is 0 Å². The lowest BCUT2D eigenvalue weighted by molar-refractivity contribution is 0.776. The molecular weight excluding hydrogens is 172 g/mol. The summed E-state index contributed by atoms with van der Waals surface area (Å²) >= 11 is 0. The van der Waals surface area contributed by atoms with Crippen molar-refractivity contribution in [1.82, 2.24) is 0 Å². The average molecular weight is 186 g/mol. The first-order valence-corrected chi connectivity index (χ1v) is 4.67. The van der Waals surface area contributed by atoms with E-state index in [1.54, 1.807) is 6.08 Å². The normalized spacial score (nSPS) is 21.3. The highest BCUT2D eigenvalue weighted by Gasteiger charge is 2.11. The van der Waals surface area contributed by atoms with Crippen molar-refractivity contribution in [2.24, 2.45) is 4.99 Å². The maximum absolute atomic E-state index is 8.55. The van der Waals surface area contributed by atoms with Crippen molar-refractivity contribution in [1.29, 1.82) is 5.26 Å². The molecule has 0 fully saturated rings. The lowest BCUT2D eigenvalue weighted by Gasteiger charge is -2.15. The quantitative estimate of drug-likeness (QED) is 0.624. The number of allylic oxidation sites excluding steroid dienone is 3. The minimum atomic E-state index is 0.196. The zero-order valence-corrected chi connectivity index (χ0v) is 8.40. The van der Waals surface area contributed by atoms with E-state index in [9.17, 15) is 0 Å². The van der Waals surface area contributed by atoms with Gasteiger partial charge in [-0.05, 0) is 25.0 Å². The van der Waals surface area contributed by atoms with Gasteiger partial charge in [0, 0.05) is 5.71 Å². The Morgan fingerprint density at radius 3 is 3.29 bits per heavy atom. The Morgan fingerprint density at radius 2 is 2.64 bits per heavy atom. The van der Waals surface area contributed by atoms with Crippen LogP contribution in [-0.4, -0.2) is 11.8 Å². The molecule has 0 unspecified atom stereocenters. The highest BCUT2D eigenvalue weighted by molar-refractivity contribution is 5.97. The molecule has 0 bridgehead atoms. The topological polar surface area (TPSA) is 36.1 Å². The van der Waals surface area contributed by atoms with E-state index < -0.39 is 0 Å². The number of rotatable bonds is 3. The van der Waals surface area contributed by atoms with Gasteiger partial charge in [-0.25, -0.2) is 0 Å². The predicted octanol–water partition coefficient (Wildman–Crippen LogP) is 2.80. The molecule has 0 aromatic heterocycles. The van der Waals surface area contributed by atoms with Gasteiger partial charge in [0.15, 0.2) is 0 Å². The first kappa shape index (κ1) is 10.5. The molecule has 0 N–H and O–H groups in total. The van der Waals surface area contributed by atoms with Crippen LogP contribution >= 0.6 is 0 Å². The fourth-order valence-corrected chi connectivity index (χ4v) is 1.40. The monoisotopic (exact) mass is 186 g/mol. The van der Waals surface area contributed by atoms with Crippen molar-refractivity contribution >= 4 is 5.71 Å². The van der Waals surface area contributed by atoms with Gasteiger partial charge in [-0.2, -0.15) is 5.26 Å². The van der Waals surface area contributed by atoms with Crippen LogP contribution in [0.1, 0.15) is 19.8 Å². The molecule has 0 saturated heterocycles. The summed E-state index contributed by atoms with van der Waals surface area (Å²) in [6, 6.07) is 2.30. The van der Waals surface area contributed by atoms with Crippen molar-refractivity contribution in [2.45, 2.75) is 25.8 Å². The molecule has 72 valence electrons. The third-order valence-corrected chi connectivity index (χ3v) is 2.16. The Kier molecular flexibility index (Phi) is 3.87. The summed E-state index contributed by atoms with van der Waals surface area (Å²) < 4.78 is 0. The van der Waals surface area contributed by atoms with Crippen molar-refractivity contribution in [3.63, 3.8) is 0 Å². The summed E-state index contributed by atoms with van der Waals surface area (Å²) in [5.41, 5.74) is 2.07. The second kappa shape index (κ2) is 5.18. The molecule has 2 nitrogen and oxygen atoms in total. The summed E-state index contributed by atoms with van der Waals surface area (Å²) in [4.78, 5) is 4.48. The van der Waals surface area contributed by atoms with Gasteiger partial charge < -0.3 is 0 Å². The molecule has 0 aromatic rings. The number of aliphatic imine (C=N–C) groups is 1. The third-order valence-electron chi connectivity index (χ3n) is 2.16. The Labute approximate surface area is 85.0 Å². The molecule has 14 heavy (non-hydrogen) atoms. The standard InChI is InChI=1S/C12H14N2/c1-3-5-10(2)12-7-4-6-11(14-12)8-9-13/h3-6,12H,1,7-8H2,2H3/b10-5-/t12-/m0/s1. The Hall–Kier alpha value is -1.62. The molecule has 0 amide bonds. The van der Waals surface area contributed by atoms with E-state index in [-0.39, 0.29) is 6.04 Å². The lowest BCUT2D eigenvalue weighted by Crippen LogP contribution is -2.12. The van der Waals surface area contributed by atoms with Crippen LogP contribution in [-0.2, 0) is 0 Å². The molecule has 0 radical (unpaired) electrons. The molecule has 0 saturated carbocycles. The van der Waals surface area contributed by atoms with E-state index in [4.69, 9.17) is 5.26 Å². The summed E-state index contributed by atoms with van der Waals surface area (Å²) in [5, 5.41) is 8.55. The second-order valence-electron chi connectivity index (χ2n) is 3.26. The van der Waals surface area contributed by atoms with Gasteiger partial charge >= 0.3 is 0 Å². The van der Waals surface area contributed by atoms with Crippen molar-refractivity contribution < 1.29 is 0 Å². The van der Waals surface area contributed by atoms with Gasteiger partial charge in [-0.3, -0.25) is 4.99 Å². The lowest BCUT2D eigenvalue weighted by atomic mass is 10.0. The van der Waals surface area contributed by atoms with Gasteiger partial charge in [0.1, 0.15) is 0 Å². The van der Waals surface area contributed by atoms with Crippen LogP contribution < -0.4 is 0 Å². The van der Waals surface area contributed by atoms with Gasteiger partial charge in [0.2, 0.25) is 0 Å². The number of hydrogen-bond donors (Lipinski definition) is 0. The van der Waals surface area contributed by atoms with E-state index in [2.05, 4.69) is 23.7 Å². The first-order chi connectivity index (χ1) is 6.77. The van der Waals surface area contributed by atoms with E-state index in [1.807, 2.05) is 19.1 Å². The number of nitriles is 1. The average Bonchev–Trinajstić information content (AvgIpc) is 2.19. The molecular formula is C12H14N2. The van der Waals surface area contributed by atoms with Gasteiger partial charge in [-0.1, -0.05) is 24.8 Å². The Bertz CT molecular complexity index is 340. The molecule has 2 heteroatoms. The predicted molar refractivity (Wildman–Crippen MR) is 59.2 cm³/mol. The van der Waals surface area contributed by atoms with Crippen LogP contribution in [0, 0.1) is 11.3 Å². The molecule has 1 atom stereocenters. The number of nitrogens with zero attached hydrogens (tertiary/aromatic N) is 2. The van der Waals surface area contributed by atoms with Gasteiger partial charge in [0.25, 0.3) is 0 Å². The minimum Gasteiger partial charge on any atom is -0.281 e. The van der Waals surface area contributed by atoms with E-state index >= 15 is 0 Å². The fraction of sp³-hybridized carbons (Fsp3) is 0.333. The summed E-state index contributed by atoms with van der Waals surface area (Å²) in [7, 11) is 0. The summed E-state index contributed by atoms with van der Waals surface area (Å²) in [6.45, 7) is 5.70. The molecule has 1 rings (SSSR count). The molecule has 1 aliphatic heterocycles. The molecule has 1 aliphatic rings. The van der Waals surface area contributed by atoms with Crippen molar-refractivity contribution in [2.75, 3.05) is 0 Å². The van der Waals surface area contributed by atoms with E-state index in [1.165, 1.54) is 5.57 Å². The first-order valence-electron chi connectivity index (χ1n) is 4.67. The summed E-state index contributed by atoms with van der Waals surface area (Å²) in [6.07, 6.45) is 9.07. The van der Waals surface area contributed by atoms with Crippen LogP contribution in [0.5, 0.6) is 0 Å². The molecule has 0 aliphatic carbocycles. The van der Waals surface area contributed by atoms with Crippen molar-refractivity contribution in [3.8, 4) is 6.07 Å². The SMILES string of the molecule is C=C/C=C(/C)[C@@H]1CC=CC(CC#N)=N1. The van der Waals surface area contributed by atoms with Gasteiger partial charge in [0.05, 0.1) is 18.5 Å². The zero-order chi connectivity index (χ0) is 10.4. The molecule has 1 heterocycles. The second-order valence-corrected chi connectivity index (χ2v) is 3.26. The summed E-state index contributed by atoms with van der Waals surface area (Å²) in [5.74, 6) is 0. The maximum Gasteiger partial charge on any atom is 0.0770 e.